The van der Waals surface area contributed by atoms with Gasteiger partial charge in [0.25, 0.3) is 11.6 Å². The monoisotopic (exact) mass is 356 g/mol. The first-order valence-electron chi connectivity index (χ1n) is 7.46. The molecule has 0 radical (unpaired) electrons. The fraction of sp³-hybridized carbons (Fsp3) is 0.467. The molecule has 1 heterocycles. The van der Waals surface area contributed by atoms with Crippen LogP contribution < -0.4 is 10.6 Å². The van der Waals surface area contributed by atoms with Crippen LogP contribution in [0.25, 0.3) is 0 Å². The zero-order chi connectivity index (χ0) is 17.0. The highest BCUT2D eigenvalue weighted by Crippen LogP contribution is 2.13. The van der Waals surface area contributed by atoms with Crippen molar-refractivity contribution in [2.75, 3.05) is 19.6 Å². The molecule has 9 heteroatoms. The van der Waals surface area contributed by atoms with Crippen LogP contribution in [0.1, 0.15) is 24.2 Å². The Hall–Kier alpha value is -2.19. The molecule has 1 saturated heterocycles. The van der Waals surface area contributed by atoms with E-state index < -0.39 is 16.9 Å². The van der Waals surface area contributed by atoms with Crippen molar-refractivity contribution in [1.82, 2.24) is 15.5 Å². The van der Waals surface area contributed by atoms with Crippen molar-refractivity contribution in [1.29, 1.82) is 0 Å². The number of hydrogen-bond donors (Lipinski definition) is 2. The predicted octanol–water partition coefficient (Wildman–Crippen LogP) is 0.955. The summed E-state index contributed by atoms with van der Waals surface area (Å²) in [6.45, 7) is 5.52. The van der Waals surface area contributed by atoms with Crippen LogP contribution in [-0.2, 0) is 4.79 Å². The van der Waals surface area contributed by atoms with Crippen molar-refractivity contribution in [3.63, 3.8) is 0 Å². The quantitative estimate of drug-likeness (QED) is 0.617. The molecule has 2 amide bonds. The number of non-ortho nitro benzene ring substituents is 1. The third kappa shape index (κ3) is 4.90. The Morgan fingerprint density at radius 1 is 1.46 bits per heavy atom. The van der Waals surface area contributed by atoms with E-state index in [1.165, 1.54) is 24.3 Å². The molecule has 0 bridgehead atoms. The lowest BCUT2D eigenvalue weighted by Gasteiger charge is -2.33. The summed E-state index contributed by atoms with van der Waals surface area (Å²) in [5.41, 5.74) is 0.0000816. The zero-order valence-corrected chi connectivity index (χ0v) is 14.3. The van der Waals surface area contributed by atoms with Gasteiger partial charge in [-0.2, -0.15) is 0 Å². The maximum Gasteiger partial charge on any atom is 0.270 e. The number of piperazine rings is 1. The van der Waals surface area contributed by atoms with Crippen LogP contribution in [-0.4, -0.2) is 53.4 Å². The van der Waals surface area contributed by atoms with Crippen molar-refractivity contribution >= 4 is 29.9 Å². The van der Waals surface area contributed by atoms with Crippen LogP contribution in [0.4, 0.5) is 5.69 Å². The Bertz CT molecular complexity index is 625. The molecule has 2 unspecified atom stereocenters. The predicted molar refractivity (Wildman–Crippen MR) is 91.3 cm³/mol. The highest BCUT2D eigenvalue weighted by molar-refractivity contribution is 5.97. The van der Waals surface area contributed by atoms with Gasteiger partial charge in [-0.25, -0.2) is 0 Å². The maximum atomic E-state index is 12.4. The molecule has 132 valence electrons. The number of carbonyl (C=O) groups excluding carboxylic acids is 2. The average Bonchev–Trinajstić information content (AvgIpc) is 2.54. The van der Waals surface area contributed by atoms with Gasteiger partial charge in [0.1, 0.15) is 6.04 Å². The molecule has 2 atom stereocenters. The van der Waals surface area contributed by atoms with E-state index in [0.29, 0.717) is 13.1 Å². The normalized spacial score (nSPS) is 18.2. The number of nitrogens with one attached hydrogen (secondary N) is 2. The number of rotatable bonds is 4. The molecule has 1 aromatic carbocycles. The van der Waals surface area contributed by atoms with E-state index in [-0.39, 0.29) is 35.6 Å². The van der Waals surface area contributed by atoms with Crippen LogP contribution >= 0.6 is 12.4 Å². The maximum absolute atomic E-state index is 12.4. The molecular weight excluding hydrogens is 336 g/mol. The fourth-order valence-corrected chi connectivity index (χ4v) is 2.51. The summed E-state index contributed by atoms with van der Waals surface area (Å²) in [4.78, 5) is 36.4. The van der Waals surface area contributed by atoms with Gasteiger partial charge in [-0.05, 0) is 19.9 Å². The van der Waals surface area contributed by atoms with Gasteiger partial charge in [0.05, 0.1) is 4.92 Å². The molecule has 1 fully saturated rings. The van der Waals surface area contributed by atoms with Crippen LogP contribution in [0.3, 0.4) is 0 Å². The van der Waals surface area contributed by atoms with Gasteiger partial charge < -0.3 is 15.5 Å². The Balaban J connectivity index is 0.00000288. The lowest BCUT2D eigenvalue weighted by molar-refractivity contribution is -0.384. The van der Waals surface area contributed by atoms with E-state index in [1.807, 2.05) is 6.92 Å². The molecule has 0 spiro atoms. The smallest absolute Gasteiger partial charge is 0.270 e. The number of benzene rings is 1. The van der Waals surface area contributed by atoms with Crippen molar-refractivity contribution in [2.45, 2.75) is 25.9 Å². The van der Waals surface area contributed by atoms with Crippen molar-refractivity contribution in [3.8, 4) is 0 Å². The van der Waals surface area contributed by atoms with Gasteiger partial charge in [0, 0.05) is 43.4 Å². The Labute approximate surface area is 146 Å². The van der Waals surface area contributed by atoms with Gasteiger partial charge in [0.2, 0.25) is 5.91 Å². The van der Waals surface area contributed by atoms with Crippen LogP contribution in [0.5, 0.6) is 0 Å². The first-order chi connectivity index (χ1) is 10.9. The second-order valence-electron chi connectivity index (χ2n) is 5.64. The molecule has 2 rings (SSSR count). The summed E-state index contributed by atoms with van der Waals surface area (Å²) in [6, 6.07) is 4.95. The van der Waals surface area contributed by atoms with Gasteiger partial charge in [-0.1, -0.05) is 6.07 Å². The summed E-state index contributed by atoms with van der Waals surface area (Å²) < 4.78 is 0. The van der Waals surface area contributed by atoms with Gasteiger partial charge >= 0.3 is 0 Å². The first-order valence-corrected chi connectivity index (χ1v) is 7.46. The summed E-state index contributed by atoms with van der Waals surface area (Å²) >= 11 is 0. The average molecular weight is 357 g/mol. The molecule has 0 aromatic heterocycles. The Kier molecular flexibility index (Phi) is 7.12. The van der Waals surface area contributed by atoms with E-state index in [9.17, 15) is 19.7 Å². The molecule has 2 N–H and O–H groups in total. The third-order valence-corrected chi connectivity index (χ3v) is 3.72. The molecule has 1 aliphatic heterocycles. The summed E-state index contributed by atoms with van der Waals surface area (Å²) in [7, 11) is 0. The lowest BCUT2D eigenvalue weighted by Crippen LogP contribution is -2.56. The number of carbonyl (C=O) groups is 2. The van der Waals surface area contributed by atoms with Crippen molar-refractivity contribution < 1.29 is 14.5 Å². The minimum atomic E-state index is -0.688. The largest absolute Gasteiger partial charge is 0.341 e. The van der Waals surface area contributed by atoms with Crippen LogP contribution in [0.2, 0.25) is 0 Å². The van der Waals surface area contributed by atoms with E-state index in [4.69, 9.17) is 0 Å². The number of nitro benzene ring substituents is 1. The summed E-state index contributed by atoms with van der Waals surface area (Å²) in [6.07, 6.45) is 0. The highest BCUT2D eigenvalue weighted by Gasteiger charge is 2.26. The number of nitrogens with zero attached hydrogens (tertiary/aromatic N) is 2. The minimum Gasteiger partial charge on any atom is -0.341 e. The molecule has 0 saturated carbocycles. The second-order valence-corrected chi connectivity index (χ2v) is 5.64. The number of halogens is 1. The Morgan fingerprint density at radius 2 is 2.17 bits per heavy atom. The topological polar surface area (TPSA) is 105 Å². The van der Waals surface area contributed by atoms with Crippen LogP contribution in [0.15, 0.2) is 24.3 Å². The molecule has 24 heavy (non-hydrogen) atoms. The molecule has 8 nitrogen and oxygen atoms in total. The number of nitro groups is 1. The van der Waals surface area contributed by atoms with Gasteiger partial charge in [-0.15, -0.1) is 12.4 Å². The Morgan fingerprint density at radius 3 is 2.79 bits per heavy atom. The SMILES string of the molecule is CC1CN(C(=O)C(C)NC(=O)c2cccc([N+](=O)[O-])c2)CCN1.Cl. The molecule has 1 aromatic rings. The van der Waals surface area contributed by atoms with E-state index in [0.717, 1.165) is 6.54 Å². The zero-order valence-electron chi connectivity index (χ0n) is 13.5. The number of amides is 2. The van der Waals surface area contributed by atoms with Crippen LogP contribution in [0, 0.1) is 10.1 Å². The van der Waals surface area contributed by atoms with E-state index in [2.05, 4.69) is 10.6 Å². The highest BCUT2D eigenvalue weighted by atomic mass is 35.5. The van der Waals surface area contributed by atoms with Gasteiger partial charge in [-0.3, -0.25) is 19.7 Å². The fourth-order valence-electron chi connectivity index (χ4n) is 2.51. The molecule has 1 aliphatic rings. The molecule has 0 aliphatic carbocycles. The summed E-state index contributed by atoms with van der Waals surface area (Å²) in [5.74, 6) is -0.658. The lowest BCUT2D eigenvalue weighted by atomic mass is 10.1. The first kappa shape index (κ1) is 19.9. The minimum absolute atomic E-state index is 0. The third-order valence-electron chi connectivity index (χ3n) is 3.72. The van der Waals surface area contributed by atoms with Crippen molar-refractivity contribution in [2.24, 2.45) is 0 Å². The second kappa shape index (κ2) is 8.60. The van der Waals surface area contributed by atoms with E-state index in [1.54, 1.807) is 11.8 Å². The van der Waals surface area contributed by atoms with Crippen molar-refractivity contribution in [3.05, 3.63) is 39.9 Å². The van der Waals surface area contributed by atoms with Gasteiger partial charge in [0.15, 0.2) is 0 Å². The standard InChI is InChI=1S/C15H20N4O4.ClH/c1-10-9-18(7-6-16-10)15(21)11(2)17-14(20)12-4-3-5-13(8-12)19(22)23;/h3-5,8,10-11,16H,6-7,9H2,1-2H3,(H,17,20);1H. The summed E-state index contributed by atoms with van der Waals surface area (Å²) in [5, 5.41) is 16.6. The molecular formula is C15H21ClN4O4. The number of hydrogen-bond acceptors (Lipinski definition) is 5. The van der Waals surface area contributed by atoms with E-state index >= 15 is 0 Å².